The first-order valence-corrected chi connectivity index (χ1v) is 9.48. The van der Waals surface area contributed by atoms with E-state index in [9.17, 15) is 4.79 Å². The van der Waals surface area contributed by atoms with Crippen molar-refractivity contribution < 1.29 is 4.79 Å². The van der Waals surface area contributed by atoms with Gasteiger partial charge < -0.3 is 5.32 Å². The van der Waals surface area contributed by atoms with Crippen LogP contribution >= 0.6 is 0 Å². The van der Waals surface area contributed by atoms with Crippen LogP contribution in [0.5, 0.6) is 0 Å². The maximum atomic E-state index is 12.6. The van der Waals surface area contributed by atoms with Gasteiger partial charge in [0.1, 0.15) is 0 Å². The van der Waals surface area contributed by atoms with Crippen LogP contribution in [-0.4, -0.2) is 54.0 Å². The van der Waals surface area contributed by atoms with Gasteiger partial charge in [0.05, 0.1) is 12.1 Å². The van der Waals surface area contributed by atoms with E-state index in [0.29, 0.717) is 0 Å². The van der Waals surface area contributed by atoms with E-state index in [2.05, 4.69) is 34.2 Å². The number of piperazine rings is 1. The summed E-state index contributed by atoms with van der Waals surface area (Å²) in [6, 6.07) is 11.0. The van der Waals surface area contributed by atoms with Crippen molar-refractivity contribution in [2.45, 2.75) is 57.7 Å². The van der Waals surface area contributed by atoms with Gasteiger partial charge in [-0.2, -0.15) is 0 Å². The molecule has 2 atom stereocenters. The average molecular weight is 329 g/mol. The molecule has 1 saturated carbocycles. The fraction of sp³-hybridized carbons (Fsp3) is 0.650. The SMILES string of the molecule is CC(NC(=O)C(C)N1CCN(C2CCCC2)CC1)c1ccccc1. The fourth-order valence-electron chi connectivity index (χ4n) is 4.08. The number of benzene rings is 1. The summed E-state index contributed by atoms with van der Waals surface area (Å²) in [7, 11) is 0. The van der Waals surface area contributed by atoms with Crippen molar-refractivity contribution in [1.82, 2.24) is 15.1 Å². The van der Waals surface area contributed by atoms with Gasteiger partial charge >= 0.3 is 0 Å². The van der Waals surface area contributed by atoms with Crippen LogP contribution in [0.4, 0.5) is 0 Å². The Hall–Kier alpha value is -1.39. The Bertz CT molecular complexity index is 519. The molecule has 1 N–H and O–H groups in total. The smallest absolute Gasteiger partial charge is 0.237 e. The van der Waals surface area contributed by atoms with Gasteiger partial charge in [-0.1, -0.05) is 43.2 Å². The molecule has 1 amide bonds. The van der Waals surface area contributed by atoms with Gasteiger partial charge in [0.25, 0.3) is 0 Å². The number of hydrogen-bond donors (Lipinski definition) is 1. The van der Waals surface area contributed by atoms with Crippen molar-refractivity contribution in [3.63, 3.8) is 0 Å². The predicted octanol–water partition coefficient (Wildman–Crippen LogP) is 2.81. The molecule has 1 aromatic carbocycles. The summed E-state index contributed by atoms with van der Waals surface area (Å²) in [6.45, 7) is 8.32. The molecule has 1 heterocycles. The Morgan fingerprint density at radius 2 is 1.67 bits per heavy atom. The minimum Gasteiger partial charge on any atom is -0.348 e. The highest BCUT2D eigenvalue weighted by Gasteiger charge is 2.30. The van der Waals surface area contributed by atoms with Crippen LogP contribution < -0.4 is 5.32 Å². The molecule has 0 bridgehead atoms. The summed E-state index contributed by atoms with van der Waals surface area (Å²) >= 11 is 0. The number of rotatable bonds is 5. The molecule has 4 heteroatoms. The lowest BCUT2D eigenvalue weighted by Crippen LogP contribution is -2.55. The molecule has 1 aliphatic heterocycles. The summed E-state index contributed by atoms with van der Waals surface area (Å²) in [5, 5.41) is 3.17. The van der Waals surface area contributed by atoms with E-state index in [1.165, 1.54) is 25.7 Å². The molecule has 24 heavy (non-hydrogen) atoms. The maximum Gasteiger partial charge on any atom is 0.237 e. The van der Waals surface area contributed by atoms with Crippen LogP contribution in [0.25, 0.3) is 0 Å². The van der Waals surface area contributed by atoms with Gasteiger partial charge in [0, 0.05) is 32.2 Å². The maximum absolute atomic E-state index is 12.6. The van der Waals surface area contributed by atoms with Crippen molar-refractivity contribution in [2.75, 3.05) is 26.2 Å². The van der Waals surface area contributed by atoms with Crippen LogP contribution in [0.2, 0.25) is 0 Å². The van der Waals surface area contributed by atoms with Crippen molar-refractivity contribution >= 4 is 5.91 Å². The monoisotopic (exact) mass is 329 g/mol. The predicted molar refractivity (Wildman–Crippen MR) is 97.9 cm³/mol. The third-order valence-electron chi connectivity index (χ3n) is 5.78. The van der Waals surface area contributed by atoms with E-state index in [4.69, 9.17) is 0 Å². The van der Waals surface area contributed by atoms with Crippen LogP contribution in [0, 0.1) is 0 Å². The molecular weight excluding hydrogens is 298 g/mol. The molecule has 0 aromatic heterocycles. The second-order valence-corrected chi connectivity index (χ2v) is 7.33. The second kappa shape index (κ2) is 8.13. The Labute approximate surface area is 146 Å². The Morgan fingerprint density at radius 3 is 2.29 bits per heavy atom. The Balaban J connectivity index is 1.47. The van der Waals surface area contributed by atoms with Crippen LogP contribution in [-0.2, 0) is 4.79 Å². The van der Waals surface area contributed by atoms with Crippen LogP contribution in [0.15, 0.2) is 30.3 Å². The van der Waals surface area contributed by atoms with Crippen LogP contribution in [0.1, 0.15) is 51.1 Å². The van der Waals surface area contributed by atoms with E-state index in [1.807, 2.05) is 25.1 Å². The zero-order valence-corrected chi connectivity index (χ0v) is 15.1. The minimum atomic E-state index is -0.0538. The molecule has 2 unspecified atom stereocenters. The number of amides is 1. The molecule has 2 fully saturated rings. The van der Waals surface area contributed by atoms with E-state index in [-0.39, 0.29) is 18.0 Å². The lowest BCUT2D eigenvalue weighted by atomic mass is 10.1. The van der Waals surface area contributed by atoms with Gasteiger partial charge in [0.2, 0.25) is 5.91 Å². The van der Waals surface area contributed by atoms with Crippen LogP contribution in [0.3, 0.4) is 0 Å². The van der Waals surface area contributed by atoms with E-state index in [0.717, 1.165) is 37.8 Å². The lowest BCUT2D eigenvalue weighted by molar-refractivity contribution is -0.127. The quantitative estimate of drug-likeness (QED) is 0.902. The van der Waals surface area contributed by atoms with E-state index in [1.54, 1.807) is 0 Å². The molecule has 1 saturated heterocycles. The van der Waals surface area contributed by atoms with Crippen molar-refractivity contribution in [3.05, 3.63) is 35.9 Å². The highest BCUT2D eigenvalue weighted by molar-refractivity contribution is 5.81. The molecule has 4 nitrogen and oxygen atoms in total. The standard InChI is InChI=1S/C20H31N3O/c1-16(18-8-4-3-5-9-18)21-20(24)17(2)22-12-14-23(15-13-22)19-10-6-7-11-19/h3-5,8-9,16-17,19H,6-7,10-15H2,1-2H3,(H,21,24). The Kier molecular flexibility index (Phi) is 5.90. The molecule has 0 radical (unpaired) electrons. The molecule has 1 aromatic rings. The van der Waals surface area contributed by atoms with Gasteiger partial charge in [0.15, 0.2) is 0 Å². The lowest BCUT2D eigenvalue weighted by Gasteiger charge is -2.40. The summed E-state index contributed by atoms with van der Waals surface area (Å²) < 4.78 is 0. The second-order valence-electron chi connectivity index (χ2n) is 7.33. The molecule has 132 valence electrons. The molecule has 1 aliphatic carbocycles. The van der Waals surface area contributed by atoms with Gasteiger partial charge in [-0.15, -0.1) is 0 Å². The summed E-state index contributed by atoms with van der Waals surface area (Å²) in [5.41, 5.74) is 1.16. The average Bonchev–Trinajstić information content (AvgIpc) is 3.16. The number of hydrogen-bond acceptors (Lipinski definition) is 3. The first-order valence-electron chi connectivity index (χ1n) is 9.48. The molecule has 3 rings (SSSR count). The zero-order valence-electron chi connectivity index (χ0n) is 15.1. The highest BCUT2D eigenvalue weighted by Crippen LogP contribution is 2.24. The van der Waals surface area contributed by atoms with Crippen molar-refractivity contribution in [3.8, 4) is 0 Å². The number of nitrogens with one attached hydrogen (secondary N) is 1. The minimum absolute atomic E-state index is 0.0538. The zero-order chi connectivity index (χ0) is 16.9. The summed E-state index contributed by atoms with van der Waals surface area (Å²) in [4.78, 5) is 17.6. The van der Waals surface area contributed by atoms with Gasteiger partial charge in [-0.05, 0) is 32.3 Å². The number of carbonyl (C=O) groups excluding carboxylic acids is 1. The summed E-state index contributed by atoms with van der Waals surface area (Å²) in [5.74, 6) is 0.140. The van der Waals surface area contributed by atoms with Gasteiger partial charge in [-0.25, -0.2) is 0 Å². The van der Waals surface area contributed by atoms with Gasteiger partial charge in [-0.3, -0.25) is 14.6 Å². The first-order chi connectivity index (χ1) is 11.6. The molecule has 2 aliphatic rings. The highest BCUT2D eigenvalue weighted by atomic mass is 16.2. The topological polar surface area (TPSA) is 35.6 Å². The van der Waals surface area contributed by atoms with Crippen molar-refractivity contribution in [2.24, 2.45) is 0 Å². The van der Waals surface area contributed by atoms with E-state index >= 15 is 0 Å². The number of nitrogens with zero attached hydrogens (tertiary/aromatic N) is 2. The fourth-order valence-corrected chi connectivity index (χ4v) is 4.08. The molecular formula is C20H31N3O. The largest absolute Gasteiger partial charge is 0.348 e. The Morgan fingerprint density at radius 1 is 1.04 bits per heavy atom. The normalized spacial score (nSPS) is 23.1. The first kappa shape index (κ1) is 17.4. The van der Waals surface area contributed by atoms with Crippen molar-refractivity contribution in [1.29, 1.82) is 0 Å². The number of carbonyl (C=O) groups is 1. The third kappa shape index (κ3) is 4.17. The third-order valence-corrected chi connectivity index (χ3v) is 5.78. The van der Waals surface area contributed by atoms with E-state index < -0.39 is 0 Å². The molecule has 0 spiro atoms. The summed E-state index contributed by atoms with van der Waals surface area (Å²) in [6.07, 6.45) is 5.51.